The minimum Gasteiger partial charge on any atom is -0.343 e. The molecule has 0 amide bonds. The van der Waals surface area contributed by atoms with Crippen LogP contribution in [0.5, 0.6) is 0 Å². The fraction of sp³-hybridized carbons (Fsp3) is 0.190. The Morgan fingerprint density at radius 3 is 2.75 bits per heavy atom. The van der Waals surface area contributed by atoms with Gasteiger partial charge in [-0.3, -0.25) is 5.10 Å². The topological polar surface area (TPSA) is 33.6 Å². The summed E-state index contributed by atoms with van der Waals surface area (Å²) in [5, 5.41) is 8.30. The molecule has 0 radical (unpaired) electrons. The Morgan fingerprint density at radius 2 is 1.92 bits per heavy atom. The van der Waals surface area contributed by atoms with E-state index in [0.29, 0.717) is 0 Å². The smallest absolute Gasteiger partial charge is 0.0653 e. The van der Waals surface area contributed by atoms with Gasteiger partial charge in [0.25, 0.3) is 0 Å². The maximum Gasteiger partial charge on any atom is 0.0653 e. The highest BCUT2D eigenvalue weighted by Gasteiger charge is 2.23. The van der Waals surface area contributed by atoms with Crippen LogP contribution in [0.2, 0.25) is 0 Å². The molecule has 118 valence electrons. The molecule has 0 atom stereocenters. The predicted octanol–water partition coefficient (Wildman–Crippen LogP) is 4.96. The molecule has 1 aliphatic rings. The fourth-order valence-electron chi connectivity index (χ4n) is 3.44. The Balaban J connectivity index is 1.45. The number of hydrogen-bond acceptors (Lipinski definition) is 1. The summed E-state index contributed by atoms with van der Waals surface area (Å²) in [6, 6.07) is 19.9. The summed E-state index contributed by atoms with van der Waals surface area (Å²) in [4.78, 5) is 0. The van der Waals surface area contributed by atoms with E-state index in [4.69, 9.17) is 0 Å². The zero-order chi connectivity index (χ0) is 15.9. The summed E-state index contributed by atoms with van der Waals surface area (Å²) in [6.07, 6.45) is 6.72. The van der Waals surface area contributed by atoms with Gasteiger partial charge in [0, 0.05) is 23.8 Å². The van der Waals surface area contributed by atoms with Gasteiger partial charge >= 0.3 is 0 Å². The molecule has 0 aliphatic heterocycles. The number of benzene rings is 2. The maximum atomic E-state index is 4.10. The molecule has 1 saturated carbocycles. The second-order valence-electron chi connectivity index (χ2n) is 6.71. The lowest BCUT2D eigenvalue weighted by Crippen LogP contribution is -2.00. The second-order valence-corrected chi connectivity index (χ2v) is 6.71. The van der Waals surface area contributed by atoms with E-state index in [1.54, 1.807) is 0 Å². The summed E-state index contributed by atoms with van der Waals surface area (Å²) in [7, 11) is 0. The zero-order valence-electron chi connectivity index (χ0n) is 13.4. The van der Waals surface area contributed by atoms with Crippen LogP contribution in [0.25, 0.3) is 22.2 Å². The third kappa shape index (κ3) is 2.42. The highest BCUT2D eigenvalue weighted by molar-refractivity contribution is 5.78. The van der Waals surface area contributed by atoms with Crippen molar-refractivity contribution in [1.82, 2.24) is 14.8 Å². The van der Waals surface area contributed by atoms with E-state index in [2.05, 4.69) is 75.6 Å². The Morgan fingerprint density at radius 1 is 1.04 bits per heavy atom. The fourth-order valence-corrected chi connectivity index (χ4v) is 3.44. The molecule has 3 nitrogen and oxygen atoms in total. The quantitative estimate of drug-likeness (QED) is 0.568. The van der Waals surface area contributed by atoms with Crippen molar-refractivity contribution in [2.45, 2.75) is 25.3 Å². The van der Waals surface area contributed by atoms with E-state index in [9.17, 15) is 0 Å². The summed E-state index contributed by atoms with van der Waals surface area (Å²) in [6.45, 7) is 0.863. The van der Waals surface area contributed by atoms with E-state index in [1.807, 2.05) is 6.20 Å². The number of nitrogens with zero attached hydrogens (tertiary/aromatic N) is 2. The van der Waals surface area contributed by atoms with Crippen LogP contribution in [0.1, 0.15) is 29.9 Å². The van der Waals surface area contributed by atoms with Gasteiger partial charge in [0.05, 0.1) is 11.7 Å². The van der Waals surface area contributed by atoms with Crippen molar-refractivity contribution in [3.63, 3.8) is 0 Å². The summed E-state index contributed by atoms with van der Waals surface area (Å²) in [5.41, 5.74) is 6.41. The Labute approximate surface area is 140 Å². The molecule has 0 spiro atoms. The SMILES string of the molecule is c1cc(-c2ccc(C3CC3)cc2)n(Cc2ccc3cn[nH]c3c2)c1. The molecule has 1 N–H and O–H groups in total. The molecule has 0 unspecified atom stereocenters. The number of rotatable bonds is 4. The van der Waals surface area contributed by atoms with Gasteiger partial charge in [-0.15, -0.1) is 0 Å². The van der Waals surface area contributed by atoms with Crippen LogP contribution in [0.15, 0.2) is 67.0 Å². The Hall–Kier alpha value is -2.81. The standard InChI is InChI=1S/C21H19N3/c1-2-21(18-9-7-17(8-10-18)16-5-6-16)24(11-1)14-15-3-4-19-13-22-23-20(19)12-15/h1-4,7-13,16H,5-6,14H2,(H,22,23). The average Bonchev–Trinajstić information content (AvgIpc) is 3.19. The molecule has 3 heteroatoms. The first-order chi connectivity index (χ1) is 11.9. The summed E-state index contributed by atoms with van der Waals surface area (Å²) < 4.78 is 2.31. The first-order valence-electron chi connectivity index (χ1n) is 8.54. The van der Waals surface area contributed by atoms with Gasteiger partial charge in [-0.2, -0.15) is 5.10 Å². The van der Waals surface area contributed by atoms with Crippen LogP contribution in [0.4, 0.5) is 0 Å². The normalized spacial score (nSPS) is 14.3. The van der Waals surface area contributed by atoms with Gasteiger partial charge < -0.3 is 4.57 Å². The van der Waals surface area contributed by atoms with Gasteiger partial charge in [0.2, 0.25) is 0 Å². The number of fused-ring (bicyclic) bond motifs is 1. The number of aromatic nitrogens is 3. The molecule has 4 aromatic rings. The maximum absolute atomic E-state index is 4.10. The highest BCUT2D eigenvalue weighted by atomic mass is 15.1. The van der Waals surface area contributed by atoms with E-state index in [-0.39, 0.29) is 0 Å². The minimum absolute atomic E-state index is 0.812. The molecule has 1 aliphatic carbocycles. The van der Waals surface area contributed by atoms with Crippen molar-refractivity contribution in [1.29, 1.82) is 0 Å². The molecule has 2 aromatic carbocycles. The van der Waals surface area contributed by atoms with Gasteiger partial charge in [0.15, 0.2) is 0 Å². The Bertz CT molecular complexity index is 987. The van der Waals surface area contributed by atoms with Crippen molar-refractivity contribution in [2.75, 3.05) is 0 Å². The largest absolute Gasteiger partial charge is 0.343 e. The van der Waals surface area contributed by atoms with Gasteiger partial charge in [-0.05, 0) is 53.6 Å². The molecule has 0 bridgehead atoms. The molecule has 5 rings (SSSR count). The van der Waals surface area contributed by atoms with Crippen molar-refractivity contribution >= 4 is 10.9 Å². The van der Waals surface area contributed by atoms with Crippen molar-refractivity contribution in [2.24, 2.45) is 0 Å². The van der Waals surface area contributed by atoms with Gasteiger partial charge in [-0.1, -0.05) is 36.4 Å². The lowest BCUT2D eigenvalue weighted by Gasteiger charge is -2.10. The third-order valence-electron chi connectivity index (χ3n) is 4.94. The third-order valence-corrected chi connectivity index (χ3v) is 4.94. The van der Waals surface area contributed by atoms with E-state index in [0.717, 1.165) is 23.4 Å². The van der Waals surface area contributed by atoms with Crippen LogP contribution in [-0.4, -0.2) is 14.8 Å². The van der Waals surface area contributed by atoms with Crippen molar-refractivity contribution in [3.05, 3.63) is 78.1 Å². The molecule has 1 fully saturated rings. The van der Waals surface area contributed by atoms with E-state index >= 15 is 0 Å². The zero-order valence-corrected chi connectivity index (χ0v) is 13.4. The lowest BCUT2D eigenvalue weighted by atomic mass is 10.1. The van der Waals surface area contributed by atoms with Crippen LogP contribution >= 0.6 is 0 Å². The first-order valence-corrected chi connectivity index (χ1v) is 8.54. The molecular formula is C21H19N3. The molecule has 2 heterocycles. The summed E-state index contributed by atoms with van der Waals surface area (Å²) in [5.74, 6) is 0.812. The van der Waals surface area contributed by atoms with E-state index < -0.39 is 0 Å². The van der Waals surface area contributed by atoms with Crippen LogP contribution in [0, 0.1) is 0 Å². The molecule has 24 heavy (non-hydrogen) atoms. The van der Waals surface area contributed by atoms with Crippen LogP contribution in [0.3, 0.4) is 0 Å². The number of nitrogens with one attached hydrogen (secondary N) is 1. The summed E-state index contributed by atoms with van der Waals surface area (Å²) >= 11 is 0. The second kappa shape index (κ2) is 5.38. The predicted molar refractivity (Wildman–Crippen MR) is 97.0 cm³/mol. The minimum atomic E-state index is 0.812. The lowest BCUT2D eigenvalue weighted by molar-refractivity contribution is 0.815. The molecular weight excluding hydrogens is 294 g/mol. The van der Waals surface area contributed by atoms with Gasteiger partial charge in [-0.25, -0.2) is 0 Å². The molecule has 0 saturated heterocycles. The van der Waals surface area contributed by atoms with Crippen LogP contribution in [-0.2, 0) is 6.54 Å². The number of hydrogen-bond donors (Lipinski definition) is 1. The van der Waals surface area contributed by atoms with Gasteiger partial charge in [0.1, 0.15) is 0 Å². The number of H-pyrrole nitrogens is 1. The monoisotopic (exact) mass is 313 g/mol. The van der Waals surface area contributed by atoms with Crippen LogP contribution < -0.4 is 0 Å². The first kappa shape index (κ1) is 13.6. The van der Waals surface area contributed by atoms with E-state index in [1.165, 1.54) is 35.2 Å². The van der Waals surface area contributed by atoms with Crippen molar-refractivity contribution < 1.29 is 0 Å². The highest BCUT2D eigenvalue weighted by Crippen LogP contribution is 2.40. The average molecular weight is 313 g/mol. The molecule has 2 aromatic heterocycles. The number of aromatic amines is 1. The Kier molecular flexibility index (Phi) is 3.05. The van der Waals surface area contributed by atoms with Crippen molar-refractivity contribution in [3.8, 4) is 11.3 Å².